The monoisotopic (exact) mass is 484 g/mol. The number of ether oxygens (including phenoxy) is 3. The van der Waals surface area contributed by atoms with Gasteiger partial charge in [-0.1, -0.05) is 23.4 Å². The Morgan fingerprint density at radius 2 is 1.66 bits per heavy atom. The van der Waals surface area contributed by atoms with Crippen molar-refractivity contribution >= 4 is 30.0 Å². The first-order valence-corrected chi connectivity index (χ1v) is 10.7. The van der Waals surface area contributed by atoms with Crippen LogP contribution < -0.4 is 10.1 Å². The van der Waals surface area contributed by atoms with Crippen molar-refractivity contribution in [2.75, 3.05) is 13.7 Å². The molecular weight excluding hydrogens is 456 g/mol. The van der Waals surface area contributed by atoms with Gasteiger partial charge in [0.25, 0.3) is 0 Å². The van der Waals surface area contributed by atoms with Gasteiger partial charge in [0.1, 0.15) is 17.4 Å². The van der Waals surface area contributed by atoms with Gasteiger partial charge in [0, 0.05) is 12.0 Å². The van der Waals surface area contributed by atoms with E-state index in [2.05, 4.69) is 10.5 Å². The van der Waals surface area contributed by atoms with Gasteiger partial charge in [0.05, 0.1) is 19.3 Å². The van der Waals surface area contributed by atoms with Crippen LogP contribution in [0.3, 0.4) is 0 Å². The van der Waals surface area contributed by atoms with Crippen LogP contribution in [0, 0.1) is 0 Å². The topological polar surface area (TPSA) is 130 Å². The summed E-state index contributed by atoms with van der Waals surface area (Å²) in [6.45, 7) is 5.21. The van der Waals surface area contributed by atoms with E-state index in [9.17, 15) is 19.2 Å². The first-order valence-electron chi connectivity index (χ1n) is 10.7. The Balaban J connectivity index is 1.94. The quantitative estimate of drug-likeness (QED) is 0.179. The van der Waals surface area contributed by atoms with Crippen molar-refractivity contribution in [3.8, 4) is 5.75 Å². The summed E-state index contributed by atoms with van der Waals surface area (Å²) in [4.78, 5) is 52.2. The summed E-state index contributed by atoms with van der Waals surface area (Å²) in [5.74, 6) is -0.877. The number of carbonyl (C=O) groups is 4. The van der Waals surface area contributed by atoms with E-state index in [1.807, 2.05) is 0 Å². The van der Waals surface area contributed by atoms with Crippen molar-refractivity contribution < 1.29 is 38.2 Å². The molecule has 10 nitrogen and oxygen atoms in total. The minimum atomic E-state index is -0.956. The number of aldehydes is 1. The summed E-state index contributed by atoms with van der Waals surface area (Å²) in [5.41, 5.74) is -0.0796. The summed E-state index contributed by atoms with van der Waals surface area (Å²) in [6, 6.07) is 13.6. The third-order valence-electron chi connectivity index (χ3n) is 4.35. The average Bonchev–Trinajstić information content (AvgIpc) is 2.83. The van der Waals surface area contributed by atoms with Crippen LogP contribution >= 0.6 is 0 Å². The van der Waals surface area contributed by atoms with Crippen molar-refractivity contribution in [2.45, 2.75) is 38.8 Å². The zero-order valence-electron chi connectivity index (χ0n) is 20.0. The molecule has 2 aromatic carbocycles. The highest BCUT2D eigenvalue weighted by molar-refractivity contribution is 6.36. The van der Waals surface area contributed by atoms with Gasteiger partial charge in [-0.3, -0.25) is 4.79 Å². The molecule has 0 saturated carbocycles. The molecule has 0 radical (unpaired) electrons. The predicted molar refractivity (Wildman–Crippen MR) is 126 cm³/mol. The lowest BCUT2D eigenvalue weighted by Crippen LogP contribution is -2.44. The van der Waals surface area contributed by atoms with E-state index >= 15 is 0 Å². The summed E-state index contributed by atoms with van der Waals surface area (Å²) >= 11 is 0. The second kappa shape index (κ2) is 12.9. The Hall–Kier alpha value is -4.21. The molecule has 0 aliphatic heterocycles. The number of carbonyl (C=O) groups excluding carboxylic acids is 4. The molecule has 35 heavy (non-hydrogen) atoms. The molecule has 0 aliphatic carbocycles. The molecule has 0 fully saturated rings. The van der Waals surface area contributed by atoms with Crippen molar-refractivity contribution in [2.24, 2.45) is 5.16 Å². The lowest BCUT2D eigenvalue weighted by Gasteiger charge is -2.22. The van der Waals surface area contributed by atoms with Crippen LogP contribution in [0.2, 0.25) is 0 Å². The number of hydrogen-bond acceptors (Lipinski definition) is 9. The molecule has 10 heteroatoms. The van der Waals surface area contributed by atoms with Crippen molar-refractivity contribution in [1.82, 2.24) is 5.32 Å². The van der Waals surface area contributed by atoms with Gasteiger partial charge >= 0.3 is 18.0 Å². The normalized spacial score (nSPS) is 12.2. The van der Waals surface area contributed by atoms with E-state index in [4.69, 9.17) is 19.0 Å². The molecule has 0 aliphatic rings. The molecule has 0 bridgehead atoms. The number of benzene rings is 2. The smallest absolute Gasteiger partial charge is 0.408 e. The van der Waals surface area contributed by atoms with Crippen LogP contribution in [0.1, 0.15) is 43.1 Å². The lowest BCUT2D eigenvalue weighted by molar-refractivity contribution is -0.143. The summed E-state index contributed by atoms with van der Waals surface area (Å²) < 4.78 is 15.5. The Labute approximate surface area is 203 Å². The highest BCUT2D eigenvalue weighted by atomic mass is 16.7. The first-order chi connectivity index (χ1) is 16.6. The molecule has 1 amide bonds. The highest BCUT2D eigenvalue weighted by Gasteiger charge is 2.25. The number of hydrogen-bond donors (Lipinski definition) is 1. The Bertz CT molecular complexity index is 1040. The molecule has 2 rings (SSSR count). The number of alkyl carbamates (subject to hydrolysis) is 1. The van der Waals surface area contributed by atoms with Gasteiger partial charge in [-0.25, -0.2) is 14.4 Å². The maximum absolute atomic E-state index is 12.0. The van der Waals surface area contributed by atoms with Gasteiger partial charge in [0.15, 0.2) is 12.0 Å². The number of nitrogens with one attached hydrogen (secondary N) is 1. The third kappa shape index (κ3) is 9.28. The molecule has 186 valence electrons. The summed E-state index contributed by atoms with van der Waals surface area (Å²) in [5, 5.41) is 6.11. The number of oxime groups is 1. The van der Waals surface area contributed by atoms with Crippen LogP contribution in [0.4, 0.5) is 4.79 Å². The van der Waals surface area contributed by atoms with E-state index in [1.165, 1.54) is 7.11 Å². The molecule has 0 heterocycles. The second-order valence-electron chi connectivity index (χ2n) is 8.22. The number of nitrogens with zero attached hydrogens (tertiary/aromatic N) is 1. The molecule has 1 unspecified atom stereocenters. The second-order valence-corrected chi connectivity index (χ2v) is 8.22. The zero-order chi connectivity index (χ0) is 25.8. The van der Waals surface area contributed by atoms with E-state index in [1.54, 1.807) is 75.4 Å². The molecule has 2 aromatic rings. The van der Waals surface area contributed by atoms with Crippen LogP contribution in [0.5, 0.6) is 5.75 Å². The first kappa shape index (κ1) is 27.0. The standard InChI is InChI=1S/C25H28N2O8/c1-25(2,3)34-24(31)26-20(23(30)32-4)14-15-33-19-12-10-17(11-13-19)21(16-28)27-35-22(29)18-8-6-5-7-9-18/h5-13,16,20H,14-15H2,1-4H3,(H,26,31)/b27-21-. The average molecular weight is 485 g/mol. The predicted octanol–water partition coefficient (Wildman–Crippen LogP) is 3.28. The van der Waals surface area contributed by atoms with Crippen LogP contribution in [0.25, 0.3) is 0 Å². The maximum atomic E-state index is 12.0. The Morgan fingerprint density at radius 3 is 2.23 bits per heavy atom. The van der Waals surface area contributed by atoms with Gasteiger partial charge in [-0.15, -0.1) is 0 Å². The van der Waals surface area contributed by atoms with Gasteiger partial charge in [-0.2, -0.15) is 0 Å². The minimum Gasteiger partial charge on any atom is -0.494 e. The van der Waals surface area contributed by atoms with Crippen LogP contribution in [-0.2, 0) is 23.9 Å². The molecule has 1 atom stereocenters. The van der Waals surface area contributed by atoms with E-state index in [0.29, 0.717) is 23.2 Å². The molecule has 0 spiro atoms. The van der Waals surface area contributed by atoms with Gasteiger partial charge < -0.3 is 24.4 Å². The fourth-order valence-corrected chi connectivity index (χ4v) is 2.72. The fourth-order valence-electron chi connectivity index (χ4n) is 2.72. The van der Waals surface area contributed by atoms with E-state index in [0.717, 1.165) is 0 Å². The SMILES string of the molecule is COC(=O)C(CCOc1ccc(/C(C=O)=N\OC(=O)c2ccccc2)cc1)NC(=O)OC(C)(C)C. The maximum Gasteiger partial charge on any atom is 0.408 e. The number of esters is 1. The lowest BCUT2D eigenvalue weighted by atomic mass is 10.1. The largest absolute Gasteiger partial charge is 0.494 e. The molecular formula is C25H28N2O8. The number of methoxy groups -OCH3 is 1. The number of rotatable bonds is 10. The van der Waals surface area contributed by atoms with Crippen molar-refractivity contribution in [3.05, 3.63) is 65.7 Å². The van der Waals surface area contributed by atoms with E-state index < -0.39 is 29.7 Å². The Kier molecular flexibility index (Phi) is 9.95. The van der Waals surface area contributed by atoms with E-state index in [-0.39, 0.29) is 18.7 Å². The van der Waals surface area contributed by atoms with Crippen LogP contribution in [-0.4, -0.2) is 55.4 Å². The van der Waals surface area contributed by atoms with Gasteiger partial charge in [0.2, 0.25) is 0 Å². The zero-order valence-corrected chi connectivity index (χ0v) is 20.0. The summed E-state index contributed by atoms with van der Waals surface area (Å²) in [7, 11) is 1.22. The van der Waals surface area contributed by atoms with Crippen molar-refractivity contribution in [1.29, 1.82) is 0 Å². The Morgan fingerprint density at radius 1 is 1.00 bits per heavy atom. The van der Waals surface area contributed by atoms with Gasteiger partial charge in [-0.05, 0) is 57.2 Å². The molecule has 0 aromatic heterocycles. The number of amides is 1. The molecule has 0 saturated heterocycles. The summed E-state index contributed by atoms with van der Waals surface area (Å²) in [6.07, 6.45) is -0.146. The van der Waals surface area contributed by atoms with Crippen molar-refractivity contribution in [3.63, 3.8) is 0 Å². The highest BCUT2D eigenvalue weighted by Crippen LogP contribution is 2.14. The fraction of sp³-hybridized carbons (Fsp3) is 0.320. The van der Waals surface area contributed by atoms with Crippen LogP contribution in [0.15, 0.2) is 59.8 Å². The molecule has 1 N–H and O–H groups in total. The minimum absolute atomic E-state index is 0.0758. The third-order valence-corrected chi connectivity index (χ3v) is 4.35.